The summed E-state index contributed by atoms with van der Waals surface area (Å²) in [4.78, 5) is 17.9. The Hall–Kier alpha value is -3.85. The van der Waals surface area contributed by atoms with Crippen molar-refractivity contribution in [1.82, 2.24) is 14.5 Å². The highest BCUT2D eigenvalue weighted by molar-refractivity contribution is 7.89. The van der Waals surface area contributed by atoms with Crippen LogP contribution in [-0.4, -0.2) is 87.5 Å². The summed E-state index contributed by atoms with van der Waals surface area (Å²) in [5.41, 5.74) is 1.26. The van der Waals surface area contributed by atoms with Crippen LogP contribution in [0.15, 0.2) is 77.7 Å². The maximum absolute atomic E-state index is 13.3. The van der Waals surface area contributed by atoms with E-state index in [1.54, 1.807) is 55.4 Å². The number of benzene rings is 3. The van der Waals surface area contributed by atoms with Crippen LogP contribution in [0.4, 0.5) is 24.5 Å². The van der Waals surface area contributed by atoms with E-state index in [0.29, 0.717) is 22.9 Å². The van der Waals surface area contributed by atoms with Crippen LogP contribution in [0.3, 0.4) is 0 Å². The van der Waals surface area contributed by atoms with Gasteiger partial charge in [-0.25, -0.2) is 13.1 Å². The van der Waals surface area contributed by atoms with Crippen LogP contribution >= 0.6 is 0 Å². The van der Waals surface area contributed by atoms with Gasteiger partial charge in [-0.15, -0.1) is 13.2 Å². The lowest BCUT2D eigenvalue weighted by Crippen LogP contribution is -2.66. The SMILES string of the molecule is CN(C)CC(=O)N1C[C@@H](NS(=O)(=O)c2ccc(OC(F)(F)F)cc2)[C@H](O)[C@@H](N2c3ccccc3Oc3ccccc32)C1. The molecule has 2 aliphatic rings. The van der Waals surface area contributed by atoms with Crippen LogP contribution in [0.5, 0.6) is 17.2 Å². The van der Waals surface area contributed by atoms with Crippen molar-refractivity contribution in [2.75, 3.05) is 38.6 Å². The number of carbonyl (C=O) groups excluding carboxylic acids is 1. The number of hydrogen-bond acceptors (Lipinski definition) is 8. The lowest BCUT2D eigenvalue weighted by atomic mass is 9.94. The minimum atomic E-state index is -4.93. The maximum atomic E-state index is 13.3. The third-order valence-electron chi connectivity index (χ3n) is 6.91. The number of aliphatic hydroxyl groups is 1. The highest BCUT2D eigenvalue weighted by Crippen LogP contribution is 2.48. The Balaban J connectivity index is 1.49. The molecule has 3 aromatic carbocycles. The van der Waals surface area contributed by atoms with Gasteiger partial charge >= 0.3 is 6.36 Å². The number of amides is 1. The van der Waals surface area contributed by atoms with Gasteiger partial charge in [-0.05, 0) is 62.6 Å². The van der Waals surface area contributed by atoms with E-state index in [4.69, 9.17) is 4.74 Å². The Labute approximate surface area is 240 Å². The zero-order valence-corrected chi connectivity index (χ0v) is 23.5. The van der Waals surface area contributed by atoms with Crippen molar-refractivity contribution in [2.24, 2.45) is 0 Å². The topological polar surface area (TPSA) is 112 Å². The molecular formula is C28H29F3N4O6S. The van der Waals surface area contributed by atoms with E-state index in [2.05, 4.69) is 9.46 Å². The van der Waals surface area contributed by atoms with Crippen molar-refractivity contribution in [1.29, 1.82) is 0 Å². The van der Waals surface area contributed by atoms with Gasteiger partial charge in [0.25, 0.3) is 0 Å². The van der Waals surface area contributed by atoms with E-state index < -0.39 is 40.3 Å². The number of hydrogen-bond donors (Lipinski definition) is 2. The molecule has 0 bridgehead atoms. The molecule has 3 aromatic rings. The van der Waals surface area contributed by atoms with E-state index in [0.717, 1.165) is 24.3 Å². The third kappa shape index (κ3) is 6.31. The van der Waals surface area contributed by atoms with Gasteiger partial charge in [0.05, 0.1) is 41.0 Å². The average molecular weight is 607 g/mol. The molecule has 0 radical (unpaired) electrons. The molecule has 0 aromatic heterocycles. The zero-order chi connectivity index (χ0) is 30.2. The van der Waals surface area contributed by atoms with E-state index in [9.17, 15) is 31.5 Å². The maximum Gasteiger partial charge on any atom is 0.573 e. The van der Waals surface area contributed by atoms with Crippen LogP contribution in [0.25, 0.3) is 0 Å². The molecule has 2 aliphatic heterocycles. The monoisotopic (exact) mass is 606 g/mol. The Morgan fingerprint density at radius 3 is 2.12 bits per heavy atom. The molecule has 10 nitrogen and oxygen atoms in total. The molecule has 0 aliphatic carbocycles. The Morgan fingerprint density at radius 1 is 1.00 bits per heavy atom. The number of ether oxygens (including phenoxy) is 2. The number of halogens is 3. The number of anilines is 2. The Bertz CT molecular complexity index is 1510. The summed E-state index contributed by atoms with van der Waals surface area (Å²) in [7, 11) is -0.877. The summed E-state index contributed by atoms with van der Waals surface area (Å²) in [5, 5.41) is 11.7. The number of sulfonamides is 1. The summed E-state index contributed by atoms with van der Waals surface area (Å²) < 4.78 is 76.7. The number of carbonyl (C=O) groups is 1. The number of alkyl halides is 3. The number of piperidine rings is 1. The highest BCUT2D eigenvalue weighted by Gasteiger charge is 2.44. The summed E-state index contributed by atoms with van der Waals surface area (Å²) in [5.74, 6) is 0.200. The van der Waals surface area contributed by atoms with Gasteiger partial charge in [-0.1, -0.05) is 24.3 Å². The summed E-state index contributed by atoms with van der Waals surface area (Å²) >= 11 is 0. The van der Waals surface area contributed by atoms with E-state index >= 15 is 0 Å². The van der Waals surface area contributed by atoms with Crippen LogP contribution in [0.2, 0.25) is 0 Å². The van der Waals surface area contributed by atoms with Gasteiger partial charge in [0, 0.05) is 13.1 Å². The van der Waals surface area contributed by atoms with Crippen LogP contribution in [0, 0.1) is 0 Å². The van der Waals surface area contributed by atoms with Crippen LogP contribution in [0.1, 0.15) is 0 Å². The molecule has 42 heavy (non-hydrogen) atoms. The fourth-order valence-electron chi connectivity index (χ4n) is 5.12. The molecular weight excluding hydrogens is 577 g/mol. The average Bonchev–Trinajstić information content (AvgIpc) is 2.92. The zero-order valence-electron chi connectivity index (χ0n) is 22.7. The second-order valence-electron chi connectivity index (χ2n) is 10.2. The number of para-hydroxylation sites is 4. The molecule has 2 heterocycles. The standard InChI is InChI=1S/C28H29F3N4O6S/c1-33(2)17-26(36)34-15-20(32-42(38,39)19-13-11-18(12-14-19)41-28(29,30)31)27(37)23(16-34)35-21-7-3-5-9-24(21)40-25-10-6-4-8-22(25)35/h3-14,20,23,27,32,37H,15-17H2,1-2H3/t20-,23+,27+/m1/s1. The van der Waals surface area contributed by atoms with Crippen molar-refractivity contribution in [2.45, 2.75) is 29.4 Å². The van der Waals surface area contributed by atoms with Gasteiger partial charge in [-0.3, -0.25) is 4.79 Å². The number of aliphatic hydroxyl groups excluding tert-OH is 1. The largest absolute Gasteiger partial charge is 0.573 e. The Kier molecular flexibility index (Phi) is 8.07. The number of likely N-dealkylation sites (N-methyl/N-ethyl adjacent to an activating group) is 1. The molecule has 0 unspecified atom stereocenters. The molecule has 5 rings (SSSR count). The third-order valence-corrected chi connectivity index (χ3v) is 8.42. The highest BCUT2D eigenvalue weighted by atomic mass is 32.2. The van der Waals surface area contributed by atoms with Crippen molar-refractivity contribution >= 4 is 27.3 Å². The molecule has 14 heteroatoms. The van der Waals surface area contributed by atoms with Crippen LogP contribution in [-0.2, 0) is 14.8 Å². The minimum absolute atomic E-state index is 0.0548. The normalized spacial score (nSPS) is 20.5. The molecule has 0 spiro atoms. The Morgan fingerprint density at radius 2 is 1.57 bits per heavy atom. The van der Waals surface area contributed by atoms with Crippen LogP contribution < -0.4 is 19.1 Å². The predicted octanol–water partition coefficient (Wildman–Crippen LogP) is 3.31. The minimum Gasteiger partial charge on any atom is -0.453 e. The van der Waals surface area contributed by atoms with E-state index in [1.807, 2.05) is 17.0 Å². The van der Waals surface area contributed by atoms with Gasteiger partial charge in [0.2, 0.25) is 15.9 Å². The van der Waals surface area contributed by atoms with Gasteiger partial charge in [0.1, 0.15) is 5.75 Å². The first-order valence-electron chi connectivity index (χ1n) is 13.0. The van der Waals surface area contributed by atoms with Gasteiger partial charge in [-0.2, -0.15) is 0 Å². The lowest BCUT2D eigenvalue weighted by Gasteiger charge is -2.48. The summed E-state index contributed by atoms with van der Waals surface area (Å²) in [6.07, 6.45) is -6.24. The van der Waals surface area contributed by atoms with Crippen molar-refractivity contribution < 1.29 is 41.0 Å². The molecule has 0 saturated carbocycles. The number of nitrogens with zero attached hydrogens (tertiary/aromatic N) is 3. The number of nitrogens with one attached hydrogen (secondary N) is 1. The van der Waals surface area contributed by atoms with Crippen molar-refractivity contribution in [3.05, 3.63) is 72.8 Å². The first-order valence-corrected chi connectivity index (χ1v) is 14.4. The fourth-order valence-corrected chi connectivity index (χ4v) is 6.36. The summed E-state index contributed by atoms with van der Waals surface area (Å²) in [6, 6.07) is 16.1. The second kappa shape index (κ2) is 11.4. The molecule has 1 amide bonds. The molecule has 1 fully saturated rings. The molecule has 224 valence electrons. The lowest BCUT2D eigenvalue weighted by molar-refractivity contribution is -0.274. The van der Waals surface area contributed by atoms with Crippen molar-refractivity contribution in [3.63, 3.8) is 0 Å². The fraction of sp³-hybridized carbons (Fsp3) is 0.321. The number of fused-ring (bicyclic) bond motifs is 2. The van der Waals surface area contributed by atoms with E-state index in [1.165, 1.54) is 4.90 Å². The first kappa shape index (κ1) is 29.6. The quantitative estimate of drug-likeness (QED) is 0.422. The molecule has 3 atom stereocenters. The predicted molar refractivity (Wildman–Crippen MR) is 147 cm³/mol. The van der Waals surface area contributed by atoms with E-state index in [-0.39, 0.29) is 30.4 Å². The second-order valence-corrected chi connectivity index (χ2v) is 12.0. The summed E-state index contributed by atoms with van der Waals surface area (Å²) in [6.45, 7) is 0.00389. The van der Waals surface area contributed by atoms with Crippen molar-refractivity contribution in [3.8, 4) is 17.2 Å². The first-order chi connectivity index (χ1) is 19.8. The smallest absolute Gasteiger partial charge is 0.453 e. The van der Waals surface area contributed by atoms with Gasteiger partial charge < -0.3 is 29.3 Å². The van der Waals surface area contributed by atoms with Gasteiger partial charge in [0.15, 0.2) is 11.5 Å². The molecule has 1 saturated heterocycles. The number of rotatable bonds is 7. The molecule has 2 N–H and O–H groups in total. The number of likely N-dealkylation sites (tertiary alicyclic amines) is 1.